The van der Waals surface area contributed by atoms with Crippen molar-refractivity contribution in [2.75, 3.05) is 44.9 Å². The topological polar surface area (TPSA) is 142 Å². The summed E-state index contributed by atoms with van der Waals surface area (Å²) in [6.07, 6.45) is 2.05. The summed E-state index contributed by atoms with van der Waals surface area (Å²) in [7, 11) is 1.26. The number of nitrogens with one attached hydrogen (secondary N) is 3. The number of ether oxygens (including phenoxy) is 2. The molecular formula is C23H33N5O6S. The molecule has 35 heavy (non-hydrogen) atoms. The van der Waals surface area contributed by atoms with Gasteiger partial charge in [0.1, 0.15) is 5.69 Å². The van der Waals surface area contributed by atoms with Crippen LogP contribution in [-0.4, -0.2) is 74.1 Å². The summed E-state index contributed by atoms with van der Waals surface area (Å²) >= 11 is 1.35. The number of thiazole rings is 1. The molecule has 1 aromatic rings. The number of aromatic nitrogens is 1. The molecule has 12 heteroatoms. The van der Waals surface area contributed by atoms with Crippen molar-refractivity contribution >= 4 is 34.2 Å². The van der Waals surface area contributed by atoms with E-state index in [4.69, 9.17) is 4.74 Å². The number of carbonyl (C=O) groups excluding carboxylic acids is 3. The van der Waals surface area contributed by atoms with Gasteiger partial charge in [-0.25, -0.2) is 4.98 Å². The molecule has 192 valence electrons. The lowest BCUT2D eigenvalue weighted by Crippen LogP contribution is -2.41. The number of aliphatic hydroxyl groups excluding tert-OH is 1. The zero-order valence-electron chi connectivity index (χ0n) is 19.9. The van der Waals surface area contributed by atoms with E-state index < -0.39 is 18.1 Å². The number of hydrogen-bond acceptors (Lipinski definition) is 9. The van der Waals surface area contributed by atoms with E-state index in [9.17, 15) is 19.5 Å². The average molecular weight is 508 g/mol. The minimum atomic E-state index is -1.36. The molecule has 0 spiro atoms. The van der Waals surface area contributed by atoms with Crippen LogP contribution in [-0.2, 0) is 19.1 Å². The smallest absolute Gasteiger partial charge is 0.275 e. The first-order chi connectivity index (χ1) is 16.8. The van der Waals surface area contributed by atoms with Gasteiger partial charge in [-0.05, 0) is 31.6 Å². The highest BCUT2D eigenvalue weighted by Crippen LogP contribution is 2.26. The van der Waals surface area contributed by atoms with Gasteiger partial charge in [-0.15, -0.1) is 11.3 Å². The van der Waals surface area contributed by atoms with Gasteiger partial charge in [-0.2, -0.15) is 0 Å². The summed E-state index contributed by atoms with van der Waals surface area (Å²) in [5.74, 6) is -0.689. The summed E-state index contributed by atoms with van der Waals surface area (Å²) in [5.41, 5.74) is -0.103. The number of carbonyl (C=O) groups is 3. The van der Waals surface area contributed by atoms with Crippen LogP contribution in [0.5, 0.6) is 0 Å². The van der Waals surface area contributed by atoms with Crippen molar-refractivity contribution in [2.45, 2.75) is 32.0 Å². The summed E-state index contributed by atoms with van der Waals surface area (Å²) < 4.78 is 9.96. The number of aliphatic hydroxyl groups is 1. The molecule has 0 saturated carbocycles. The maximum atomic E-state index is 12.5. The number of methoxy groups -OCH3 is 1. The quantitative estimate of drug-likeness (QED) is 0.268. The Morgan fingerprint density at radius 1 is 1.23 bits per heavy atom. The average Bonchev–Trinajstić information content (AvgIpc) is 3.38. The highest BCUT2D eigenvalue weighted by Gasteiger charge is 2.25. The molecule has 11 nitrogen and oxygen atoms in total. The van der Waals surface area contributed by atoms with E-state index in [2.05, 4.69) is 43.7 Å². The molecule has 1 atom stereocenters. The van der Waals surface area contributed by atoms with Gasteiger partial charge < -0.3 is 35.4 Å². The van der Waals surface area contributed by atoms with Crippen LogP contribution in [0.3, 0.4) is 0 Å². The van der Waals surface area contributed by atoms with Crippen molar-refractivity contribution in [1.82, 2.24) is 20.9 Å². The molecule has 2 saturated heterocycles. The molecular weight excluding hydrogens is 474 g/mol. The highest BCUT2D eigenvalue weighted by atomic mass is 32.1. The van der Waals surface area contributed by atoms with Crippen molar-refractivity contribution in [3.63, 3.8) is 0 Å². The van der Waals surface area contributed by atoms with E-state index in [1.165, 1.54) is 18.4 Å². The summed E-state index contributed by atoms with van der Waals surface area (Å²) in [6, 6.07) is 0. The summed E-state index contributed by atoms with van der Waals surface area (Å²) in [6.45, 7) is 10.6. The lowest BCUT2D eigenvalue weighted by molar-refractivity contribution is -0.128. The van der Waals surface area contributed by atoms with Gasteiger partial charge in [0.05, 0.1) is 11.4 Å². The van der Waals surface area contributed by atoms with E-state index >= 15 is 0 Å². The van der Waals surface area contributed by atoms with Crippen LogP contribution in [0, 0.1) is 11.8 Å². The maximum Gasteiger partial charge on any atom is 0.275 e. The predicted octanol–water partition coefficient (Wildman–Crippen LogP) is 0.741. The fourth-order valence-corrected chi connectivity index (χ4v) is 4.73. The Morgan fingerprint density at radius 3 is 2.57 bits per heavy atom. The minimum Gasteiger partial charge on any atom is -0.381 e. The molecule has 0 aliphatic carbocycles. The standard InChI is InChI=1S/C23H33N5O6S/c1-14(19(29)26-15(2)22(32)33-3)25-21(31)18-13-35-23(27-18)28-8-4-16(5-9-28)12-24-20(30)17-6-10-34-11-7-17/h13,16-17,22,32H,1-2,4-12H2,3H3,(H,24,30)(H,25,31)(H,26,29). The number of amides is 3. The second-order valence-corrected chi connectivity index (χ2v) is 9.41. The molecule has 3 amide bonds. The first-order valence-corrected chi connectivity index (χ1v) is 12.4. The molecule has 3 heterocycles. The van der Waals surface area contributed by atoms with Gasteiger partial charge in [0.25, 0.3) is 11.8 Å². The van der Waals surface area contributed by atoms with Gasteiger partial charge in [-0.3, -0.25) is 14.4 Å². The van der Waals surface area contributed by atoms with Crippen molar-refractivity contribution in [3.8, 4) is 0 Å². The molecule has 0 bridgehead atoms. The Kier molecular flexibility index (Phi) is 9.78. The van der Waals surface area contributed by atoms with E-state index in [1.807, 2.05) is 0 Å². The molecule has 1 aromatic heterocycles. The third kappa shape index (κ3) is 7.59. The zero-order valence-corrected chi connectivity index (χ0v) is 20.7. The number of piperidine rings is 1. The van der Waals surface area contributed by atoms with Crippen LogP contribution in [0.25, 0.3) is 0 Å². The molecule has 0 radical (unpaired) electrons. The van der Waals surface area contributed by atoms with Crippen molar-refractivity contribution in [3.05, 3.63) is 35.6 Å². The van der Waals surface area contributed by atoms with Crippen LogP contribution in [0.2, 0.25) is 0 Å². The first kappa shape index (κ1) is 26.8. The molecule has 4 N–H and O–H groups in total. The van der Waals surface area contributed by atoms with Gasteiger partial charge in [0.15, 0.2) is 11.4 Å². The van der Waals surface area contributed by atoms with Gasteiger partial charge in [0, 0.05) is 51.3 Å². The fraction of sp³-hybridized carbons (Fsp3) is 0.565. The first-order valence-electron chi connectivity index (χ1n) is 11.6. The molecule has 2 aliphatic rings. The van der Waals surface area contributed by atoms with Gasteiger partial charge in [-0.1, -0.05) is 13.2 Å². The Labute approximate surface area is 208 Å². The van der Waals surface area contributed by atoms with E-state index in [-0.39, 0.29) is 28.9 Å². The number of anilines is 1. The SMILES string of the molecule is C=C(NC(=O)c1csc(N2CCC(CNC(=O)C3CCOCC3)CC2)n1)C(=O)NC(=C)C(O)OC. The maximum absolute atomic E-state index is 12.5. The van der Waals surface area contributed by atoms with Crippen molar-refractivity contribution < 1.29 is 29.0 Å². The number of rotatable bonds is 10. The fourth-order valence-electron chi connectivity index (χ4n) is 3.87. The van der Waals surface area contributed by atoms with Crippen LogP contribution in [0.1, 0.15) is 36.2 Å². The van der Waals surface area contributed by atoms with Crippen molar-refractivity contribution in [1.29, 1.82) is 0 Å². The Balaban J connectivity index is 1.42. The Hall–Kier alpha value is -2.80. The van der Waals surface area contributed by atoms with E-state index in [1.54, 1.807) is 5.38 Å². The number of hydrogen-bond donors (Lipinski definition) is 4. The molecule has 3 rings (SSSR count). The molecule has 2 fully saturated rings. The Morgan fingerprint density at radius 2 is 1.91 bits per heavy atom. The van der Waals surface area contributed by atoms with Crippen LogP contribution < -0.4 is 20.9 Å². The highest BCUT2D eigenvalue weighted by molar-refractivity contribution is 7.13. The second-order valence-electron chi connectivity index (χ2n) is 8.58. The van der Waals surface area contributed by atoms with Gasteiger partial charge >= 0.3 is 0 Å². The van der Waals surface area contributed by atoms with E-state index in [0.29, 0.717) is 25.7 Å². The van der Waals surface area contributed by atoms with E-state index in [0.717, 1.165) is 43.9 Å². The summed E-state index contributed by atoms with van der Waals surface area (Å²) in [5, 5.41) is 19.6. The zero-order chi connectivity index (χ0) is 25.4. The third-order valence-corrected chi connectivity index (χ3v) is 7.00. The number of nitrogens with zero attached hydrogens (tertiary/aromatic N) is 2. The largest absolute Gasteiger partial charge is 0.381 e. The van der Waals surface area contributed by atoms with Crippen LogP contribution >= 0.6 is 11.3 Å². The van der Waals surface area contributed by atoms with Crippen molar-refractivity contribution in [2.24, 2.45) is 11.8 Å². The predicted molar refractivity (Wildman–Crippen MR) is 131 cm³/mol. The summed E-state index contributed by atoms with van der Waals surface area (Å²) in [4.78, 5) is 43.5. The van der Waals surface area contributed by atoms with Gasteiger partial charge in [0.2, 0.25) is 5.91 Å². The van der Waals surface area contributed by atoms with Crippen LogP contribution in [0.4, 0.5) is 5.13 Å². The lowest BCUT2D eigenvalue weighted by atomic mass is 9.95. The third-order valence-electron chi connectivity index (χ3n) is 6.10. The molecule has 2 aliphatic heterocycles. The molecule has 1 unspecified atom stereocenters. The normalized spacial score (nSPS) is 17.9. The molecule has 0 aromatic carbocycles. The minimum absolute atomic E-state index is 0.0571. The second kappa shape index (κ2) is 12.8. The van der Waals surface area contributed by atoms with Crippen LogP contribution in [0.15, 0.2) is 29.9 Å². The lowest BCUT2D eigenvalue weighted by Gasteiger charge is -2.32. The monoisotopic (exact) mass is 507 g/mol. The Bertz CT molecular complexity index is 937.